The Balaban J connectivity index is 2.94. The maximum Gasteiger partial charge on any atom is 0.256 e. The number of nitrogens with zero attached hydrogens (tertiary/aromatic N) is 2. The summed E-state index contributed by atoms with van der Waals surface area (Å²) in [4.78, 5) is 18.1. The van der Waals surface area contributed by atoms with E-state index in [0.29, 0.717) is 24.4 Å². The van der Waals surface area contributed by atoms with E-state index in [-0.39, 0.29) is 11.9 Å². The summed E-state index contributed by atoms with van der Waals surface area (Å²) >= 11 is 0. The van der Waals surface area contributed by atoms with E-state index >= 15 is 0 Å². The number of nitrogen functional groups attached to an aromatic ring is 1. The van der Waals surface area contributed by atoms with Crippen molar-refractivity contribution in [3.63, 3.8) is 0 Å². The summed E-state index contributed by atoms with van der Waals surface area (Å²) in [6.45, 7) is 4.97. The van der Waals surface area contributed by atoms with Gasteiger partial charge in [0, 0.05) is 25.9 Å². The topological polar surface area (TPSA) is 80.5 Å². The third kappa shape index (κ3) is 3.41. The molecule has 0 aliphatic carbocycles. The van der Waals surface area contributed by atoms with Crippen molar-refractivity contribution in [1.29, 1.82) is 0 Å². The van der Waals surface area contributed by atoms with Gasteiger partial charge in [-0.3, -0.25) is 15.6 Å². The number of hydrazine groups is 1. The number of hydrogen-bond acceptors (Lipinski definition) is 5. The zero-order valence-corrected chi connectivity index (χ0v) is 11.0. The van der Waals surface area contributed by atoms with Gasteiger partial charge >= 0.3 is 0 Å². The van der Waals surface area contributed by atoms with Gasteiger partial charge in [-0.2, -0.15) is 0 Å². The highest BCUT2D eigenvalue weighted by molar-refractivity contribution is 5.99. The molecular formula is C12H20N4O2. The Bertz CT molecular complexity index is 395. The maximum atomic E-state index is 12.4. The van der Waals surface area contributed by atoms with Gasteiger partial charge in [-0.1, -0.05) is 0 Å². The van der Waals surface area contributed by atoms with E-state index in [0.717, 1.165) is 0 Å². The van der Waals surface area contributed by atoms with Crippen molar-refractivity contribution < 1.29 is 9.53 Å². The van der Waals surface area contributed by atoms with Crippen molar-refractivity contribution in [2.45, 2.75) is 19.9 Å². The molecule has 0 aliphatic heterocycles. The highest BCUT2D eigenvalue weighted by Gasteiger charge is 2.20. The molecule has 0 fully saturated rings. The van der Waals surface area contributed by atoms with Gasteiger partial charge in [0.1, 0.15) is 0 Å². The number of amides is 1. The lowest BCUT2D eigenvalue weighted by Gasteiger charge is -2.27. The maximum absolute atomic E-state index is 12.4. The molecule has 0 saturated carbocycles. The lowest BCUT2D eigenvalue weighted by molar-refractivity contribution is 0.0636. The number of anilines is 1. The van der Waals surface area contributed by atoms with Crippen molar-refractivity contribution in [1.82, 2.24) is 9.88 Å². The van der Waals surface area contributed by atoms with Gasteiger partial charge in [0.2, 0.25) is 0 Å². The molecule has 0 unspecified atom stereocenters. The number of pyridine rings is 1. The summed E-state index contributed by atoms with van der Waals surface area (Å²) in [5.41, 5.74) is 3.52. The summed E-state index contributed by atoms with van der Waals surface area (Å²) in [6.07, 6.45) is 3.10. The Hall–Kier alpha value is -1.66. The second-order valence-corrected chi connectivity index (χ2v) is 4.15. The number of nitrogens with two attached hydrogens (primary N) is 1. The van der Waals surface area contributed by atoms with Gasteiger partial charge < -0.3 is 15.1 Å². The number of ether oxygens (including phenoxy) is 1. The lowest BCUT2D eigenvalue weighted by atomic mass is 10.1. The Morgan fingerprint density at radius 3 is 2.89 bits per heavy atom. The van der Waals surface area contributed by atoms with Crippen LogP contribution in [0.3, 0.4) is 0 Å². The predicted molar refractivity (Wildman–Crippen MR) is 70.1 cm³/mol. The molecule has 1 rings (SSSR count). The summed E-state index contributed by atoms with van der Waals surface area (Å²) in [6, 6.07) is 1.74. The van der Waals surface area contributed by atoms with Crippen molar-refractivity contribution in [3.8, 4) is 0 Å². The number of carbonyl (C=O) groups excluding carboxylic acids is 1. The van der Waals surface area contributed by atoms with Crippen molar-refractivity contribution in [2.75, 3.05) is 25.7 Å². The average molecular weight is 252 g/mol. The summed E-state index contributed by atoms with van der Waals surface area (Å²) in [5, 5.41) is 0. The van der Waals surface area contributed by atoms with Crippen LogP contribution in [0.2, 0.25) is 0 Å². The van der Waals surface area contributed by atoms with Crippen molar-refractivity contribution in [3.05, 3.63) is 24.0 Å². The fraction of sp³-hybridized carbons (Fsp3) is 0.500. The molecule has 0 radical (unpaired) electrons. The van der Waals surface area contributed by atoms with Gasteiger partial charge in [0.15, 0.2) is 0 Å². The molecule has 100 valence electrons. The first-order valence-corrected chi connectivity index (χ1v) is 5.82. The van der Waals surface area contributed by atoms with Crippen molar-refractivity contribution >= 4 is 11.6 Å². The molecule has 6 nitrogen and oxygen atoms in total. The van der Waals surface area contributed by atoms with Crippen LogP contribution in [0, 0.1) is 0 Å². The highest BCUT2D eigenvalue weighted by atomic mass is 16.5. The molecule has 0 saturated heterocycles. The van der Waals surface area contributed by atoms with Gasteiger partial charge in [-0.15, -0.1) is 0 Å². The van der Waals surface area contributed by atoms with Gasteiger partial charge in [-0.05, 0) is 19.9 Å². The minimum atomic E-state index is -0.0857. The summed E-state index contributed by atoms with van der Waals surface area (Å²) < 4.78 is 5.02. The fourth-order valence-corrected chi connectivity index (χ4v) is 1.63. The number of hydrogen-bond donors (Lipinski definition) is 2. The molecule has 3 N–H and O–H groups in total. The molecule has 6 heteroatoms. The number of aromatic nitrogens is 1. The summed E-state index contributed by atoms with van der Waals surface area (Å²) in [5.74, 6) is 5.29. The van der Waals surface area contributed by atoms with E-state index in [1.54, 1.807) is 24.3 Å². The third-order valence-electron chi connectivity index (χ3n) is 2.63. The molecule has 1 amide bonds. The zero-order valence-electron chi connectivity index (χ0n) is 11.0. The fourth-order valence-electron chi connectivity index (χ4n) is 1.63. The molecule has 1 aromatic rings. The van der Waals surface area contributed by atoms with Crippen LogP contribution in [0.4, 0.5) is 5.69 Å². The van der Waals surface area contributed by atoms with Crippen LogP contribution in [-0.2, 0) is 4.74 Å². The van der Waals surface area contributed by atoms with E-state index in [1.165, 1.54) is 6.20 Å². The van der Waals surface area contributed by atoms with E-state index in [2.05, 4.69) is 10.4 Å². The predicted octanol–water partition coefficient (Wildman–Crippen LogP) is 0.864. The van der Waals surface area contributed by atoms with Crippen LogP contribution in [0.15, 0.2) is 18.5 Å². The van der Waals surface area contributed by atoms with Crippen LogP contribution >= 0.6 is 0 Å². The normalized spacial score (nSPS) is 10.5. The van der Waals surface area contributed by atoms with E-state index < -0.39 is 0 Å². The Labute approximate surface area is 107 Å². The molecule has 0 atom stereocenters. The number of carbonyl (C=O) groups is 1. The molecule has 0 spiro atoms. The highest BCUT2D eigenvalue weighted by Crippen LogP contribution is 2.16. The van der Waals surface area contributed by atoms with Crippen LogP contribution in [0.1, 0.15) is 24.2 Å². The number of nitrogens with one attached hydrogen (secondary N) is 1. The summed E-state index contributed by atoms with van der Waals surface area (Å²) in [7, 11) is 1.61. The van der Waals surface area contributed by atoms with E-state index in [4.69, 9.17) is 10.6 Å². The Morgan fingerprint density at radius 2 is 2.33 bits per heavy atom. The SMILES string of the molecule is COCCN(C(=O)c1ccncc1NN)C(C)C. The molecule has 0 aliphatic rings. The third-order valence-corrected chi connectivity index (χ3v) is 2.63. The van der Waals surface area contributed by atoms with E-state index in [9.17, 15) is 4.79 Å². The average Bonchev–Trinajstić information content (AvgIpc) is 2.38. The van der Waals surface area contributed by atoms with Crippen molar-refractivity contribution in [2.24, 2.45) is 5.84 Å². The molecule has 0 aromatic carbocycles. The molecule has 1 heterocycles. The van der Waals surface area contributed by atoms with Gasteiger partial charge in [-0.25, -0.2) is 0 Å². The minimum Gasteiger partial charge on any atom is -0.383 e. The smallest absolute Gasteiger partial charge is 0.256 e. The number of rotatable bonds is 6. The first-order chi connectivity index (χ1) is 8.61. The lowest BCUT2D eigenvalue weighted by Crippen LogP contribution is -2.39. The Kier molecular flexibility index (Phi) is 5.54. The Morgan fingerprint density at radius 1 is 1.61 bits per heavy atom. The second kappa shape index (κ2) is 6.93. The van der Waals surface area contributed by atoms with Gasteiger partial charge in [0.05, 0.1) is 24.1 Å². The molecule has 18 heavy (non-hydrogen) atoms. The van der Waals surface area contributed by atoms with Crippen LogP contribution < -0.4 is 11.3 Å². The van der Waals surface area contributed by atoms with Gasteiger partial charge in [0.25, 0.3) is 5.91 Å². The molecule has 0 bridgehead atoms. The monoisotopic (exact) mass is 252 g/mol. The first-order valence-electron chi connectivity index (χ1n) is 5.82. The zero-order chi connectivity index (χ0) is 13.5. The number of methoxy groups -OCH3 is 1. The standard InChI is InChI=1S/C12H20N4O2/c1-9(2)16(6-7-18-3)12(17)10-4-5-14-8-11(10)15-13/h4-5,8-9,15H,6-7,13H2,1-3H3. The minimum absolute atomic E-state index is 0.0857. The molecular weight excluding hydrogens is 232 g/mol. The van der Waals surface area contributed by atoms with Crippen LogP contribution in [-0.4, -0.2) is 42.1 Å². The second-order valence-electron chi connectivity index (χ2n) is 4.15. The van der Waals surface area contributed by atoms with Crippen LogP contribution in [0.25, 0.3) is 0 Å². The quantitative estimate of drug-likeness (QED) is 0.580. The first kappa shape index (κ1) is 14.4. The van der Waals surface area contributed by atoms with E-state index in [1.807, 2.05) is 13.8 Å². The van der Waals surface area contributed by atoms with Crippen LogP contribution in [0.5, 0.6) is 0 Å². The largest absolute Gasteiger partial charge is 0.383 e. The molecule has 1 aromatic heterocycles.